The first kappa shape index (κ1) is 21.1. The predicted octanol–water partition coefficient (Wildman–Crippen LogP) is 2.63. The third kappa shape index (κ3) is 4.64. The van der Waals surface area contributed by atoms with E-state index in [1.165, 1.54) is 7.11 Å². The molecule has 8 heteroatoms. The molecule has 1 aliphatic rings. The second-order valence-electron chi connectivity index (χ2n) is 7.75. The Labute approximate surface area is 186 Å². The van der Waals surface area contributed by atoms with Crippen LogP contribution in [0.5, 0.6) is 0 Å². The summed E-state index contributed by atoms with van der Waals surface area (Å²) in [5.74, 6) is -0.341. The summed E-state index contributed by atoms with van der Waals surface area (Å²) in [6, 6.07) is 17.1. The van der Waals surface area contributed by atoms with Crippen LogP contribution in [0.2, 0.25) is 0 Å². The number of piperidine rings is 1. The van der Waals surface area contributed by atoms with Crippen molar-refractivity contribution in [2.24, 2.45) is 0 Å². The molecule has 1 atom stereocenters. The number of fused-ring (bicyclic) bond motifs is 1. The molecule has 0 aliphatic carbocycles. The molecule has 0 bridgehead atoms. The van der Waals surface area contributed by atoms with Gasteiger partial charge in [-0.25, -0.2) is 9.59 Å². The van der Waals surface area contributed by atoms with Crippen LogP contribution in [0.1, 0.15) is 24.4 Å². The van der Waals surface area contributed by atoms with Crippen LogP contribution < -0.4 is 11.0 Å². The topological polar surface area (TPSA) is 79.4 Å². The summed E-state index contributed by atoms with van der Waals surface area (Å²) in [6.07, 6.45) is 2.09. The summed E-state index contributed by atoms with van der Waals surface area (Å²) < 4.78 is 6.83. The van der Waals surface area contributed by atoms with Crippen molar-refractivity contribution in [1.29, 1.82) is 0 Å². The van der Waals surface area contributed by atoms with Crippen molar-refractivity contribution in [2.75, 3.05) is 20.2 Å². The van der Waals surface area contributed by atoms with Crippen molar-refractivity contribution in [2.45, 2.75) is 31.3 Å². The molecule has 2 heterocycles. The molecule has 1 fully saturated rings. The highest BCUT2D eigenvalue weighted by Gasteiger charge is 2.27. The molecular formula is C23H26N4O3S. The van der Waals surface area contributed by atoms with Crippen LogP contribution in [-0.4, -0.2) is 51.8 Å². The summed E-state index contributed by atoms with van der Waals surface area (Å²) in [4.78, 5) is 29.8. The van der Waals surface area contributed by atoms with Gasteiger partial charge < -0.3 is 19.9 Å². The van der Waals surface area contributed by atoms with Crippen molar-refractivity contribution in [3.05, 3.63) is 70.6 Å². The molecule has 2 N–H and O–H groups in total. The molecule has 1 aromatic heterocycles. The highest BCUT2D eigenvalue weighted by Crippen LogP contribution is 2.25. The first-order valence-corrected chi connectivity index (χ1v) is 10.8. The van der Waals surface area contributed by atoms with E-state index in [9.17, 15) is 9.59 Å². The van der Waals surface area contributed by atoms with E-state index in [1.807, 2.05) is 59.2 Å². The molecule has 3 aromatic rings. The first-order valence-electron chi connectivity index (χ1n) is 10.4. The number of nitrogens with zero attached hydrogens (tertiary/aromatic N) is 2. The van der Waals surface area contributed by atoms with Gasteiger partial charge in [0.25, 0.3) is 0 Å². The quantitative estimate of drug-likeness (QED) is 0.471. The second kappa shape index (κ2) is 9.34. The molecule has 7 nitrogen and oxygen atoms in total. The molecular weight excluding hydrogens is 412 g/mol. The van der Waals surface area contributed by atoms with Crippen molar-refractivity contribution in [1.82, 2.24) is 19.8 Å². The summed E-state index contributed by atoms with van der Waals surface area (Å²) in [5.41, 5.74) is 2.74. The van der Waals surface area contributed by atoms with Gasteiger partial charge in [0.1, 0.15) is 6.04 Å². The highest BCUT2D eigenvalue weighted by atomic mass is 32.1. The molecule has 1 unspecified atom stereocenters. The fourth-order valence-electron chi connectivity index (χ4n) is 4.19. The monoisotopic (exact) mass is 438 g/mol. The Hall–Kier alpha value is -3.13. The smallest absolute Gasteiger partial charge is 0.328 e. The summed E-state index contributed by atoms with van der Waals surface area (Å²) in [5, 5.41) is 3.72. The molecule has 4 rings (SSSR count). The van der Waals surface area contributed by atoms with E-state index < -0.39 is 6.04 Å². The number of esters is 1. The number of para-hydroxylation sites is 2. The van der Waals surface area contributed by atoms with E-state index in [-0.39, 0.29) is 17.7 Å². The van der Waals surface area contributed by atoms with Gasteiger partial charge in [-0.2, -0.15) is 0 Å². The maximum atomic E-state index is 12.5. The van der Waals surface area contributed by atoms with Gasteiger partial charge in [0, 0.05) is 25.6 Å². The summed E-state index contributed by atoms with van der Waals surface area (Å²) in [7, 11) is 1.38. The minimum Gasteiger partial charge on any atom is -0.467 e. The van der Waals surface area contributed by atoms with Crippen LogP contribution in [0.4, 0.5) is 0 Å². The minimum atomic E-state index is -0.547. The van der Waals surface area contributed by atoms with E-state index in [1.54, 1.807) is 0 Å². The zero-order valence-corrected chi connectivity index (χ0v) is 18.2. The predicted molar refractivity (Wildman–Crippen MR) is 124 cm³/mol. The molecule has 162 valence electrons. The SMILES string of the molecule is COC(=O)C(Cc1ccccc1)NC(=S)N1CCC(n2c(=O)[nH]c3ccccc32)CC1. The molecule has 2 aromatic carbocycles. The van der Waals surface area contributed by atoms with E-state index in [0.717, 1.165) is 29.4 Å². The largest absolute Gasteiger partial charge is 0.467 e. The van der Waals surface area contributed by atoms with Crippen LogP contribution in [0.3, 0.4) is 0 Å². The van der Waals surface area contributed by atoms with E-state index in [2.05, 4.69) is 15.2 Å². The van der Waals surface area contributed by atoms with Crippen LogP contribution in [0.15, 0.2) is 59.4 Å². The lowest BCUT2D eigenvalue weighted by Gasteiger charge is -2.35. The zero-order valence-electron chi connectivity index (χ0n) is 17.4. The van der Waals surface area contributed by atoms with Gasteiger partial charge in [-0.3, -0.25) is 4.57 Å². The lowest BCUT2D eigenvalue weighted by Crippen LogP contribution is -2.51. The molecule has 1 aliphatic heterocycles. The molecule has 0 saturated carbocycles. The molecule has 1 saturated heterocycles. The number of aromatic amines is 1. The molecule has 0 radical (unpaired) electrons. The minimum absolute atomic E-state index is 0.0750. The number of likely N-dealkylation sites (tertiary alicyclic amines) is 1. The van der Waals surface area contributed by atoms with E-state index in [4.69, 9.17) is 17.0 Å². The number of benzene rings is 2. The van der Waals surface area contributed by atoms with Crippen molar-refractivity contribution in [3.8, 4) is 0 Å². The molecule has 0 spiro atoms. The number of imidazole rings is 1. The maximum absolute atomic E-state index is 12.5. The van der Waals surface area contributed by atoms with Crippen molar-refractivity contribution < 1.29 is 9.53 Å². The number of thiocarbonyl (C=S) groups is 1. The maximum Gasteiger partial charge on any atom is 0.328 e. The van der Waals surface area contributed by atoms with Gasteiger partial charge in [-0.05, 0) is 42.8 Å². The van der Waals surface area contributed by atoms with E-state index in [0.29, 0.717) is 24.6 Å². The number of H-pyrrole nitrogens is 1. The van der Waals surface area contributed by atoms with Crippen LogP contribution in [0.25, 0.3) is 11.0 Å². The van der Waals surface area contributed by atoms with Gasteiger partial charge >= 0.3 is 11.7 Å². The number of hydrogen-bond donors (Lipinski definition) is 2. The van der Waals surface area contributed by atoms with Crippen molar-refractivity contribution >= 4 is 34.3 Å². The second-order valence-corrected chi connectivity index (χ2v) is 8.14. The van der Waals surface area contributed by atoms with Gasteiger partial charge in [-0.1, -0.05) is 42.5 Å². The standard InChI is InChI=1S/C23H26N4O3S/c1-30-21(28)19(15-16-7-3-2-4-8-16)25-23(31)26-13-11-17(12-14-26)27-20-10-6-5-9-18(20)24-22(27)29/h2-10,17,19H,11-15H2,1H3,(H,24,29)(H,25,31). The number of rotatable bonds is 5. The van der Waals surface area contributed by atoms with Gasteiger partial charge in [0.05, 0.1) is 18.1 Å². The number of carbonyl (C=O) groups is 1. The summed E-state index contributed by atoms with van der Waals surface area (Å²) in [6.45, 7) is 1.42. The fraction of sp³-hybridized carbons (Fsp3) is 0.348. The number of ether oxygens (including phenoxy) is 1. The Morgan fingerprint density at radius 2 is 1.84 bits per heavy atom. The van der Waals surface area contributed by atoms with Crippen LogP contribution in [-0.2, 0) is 16.0 Å². The number of aromatic nitrogens is 2. The fourth-order valence-corrected chi connectivity index (χ4v) is 4.51. The van der Waals surface area contributed by atoms with Crippen LogP contribution >= 0.6 is 12.2 Å². The lowest BCUT2D eigenvalue weighted by atomic mass is 10.0. The average molecular weight is 439 g/mol. The number of hydrogen-bond acceptors (Lipinski definition) is 4. The number of methoxy groups -OCH3 is 1. The molecule has 0 amide bonds. The summed E-state index contributed by atoms with van der Waals surface area (Å²) >= 11 is 5.61. The first-order chi connectivity index (χ1) is 15.1. The number of nitrogens with one attached hydrogen (secondary N) is 2. The Morgan fingerprint density at radius 3 is 2.55 bits per heavy atom. The van der Waals surface area contributed by atoms with Gasteiger partial charge in [0.2, 0.25) is 0 Å². The van der Waals surface area contributed by atoms with Crippen LogP contribution in [0, 0.1) is 0 Å². The number of carbonyl (C=O) groups excluding carboxylic acids is 1. The Morgan fingerprint density at radius 1 is 1.16 bits per heavy atom. The molecule has 31 heavy (non-hydrogen) atoms. The third-order valence-corrected chi connectivity index (χ3v) is 6.18. The Bertz CT molecular complexity index is 1120. The Balaban J connectivity index is 1.40. The average Bonchev–Trinajstić information content (AvgIpc) is 3.14. The zero-order chi connectivity index (χ0) is 21.8. The van der Waals surface area contributed by atoms with E-state index >= 15 is 0 Å². The lowest BCUT2D eigenvalue weighted by molar-refractivity contribution is -0.142. The Kier molecular flexibility index (Phi) is 6.36. The normalized spacial score (nSPS) is 15.6. The highest BCUT2D eigenvalue weighted by molar-refractivity contribution is 7.80. The van der Waals surface area contributed by atoms with Gasteiger partial charge in [-0.15, -0.1) is 0 Å². The third-order valence-electron chi connectivity index (χ3n) is 5.81. The van der Waals surface area contributed by atoms with Crippen molar-refractivity contribution in [3.63, 3.8) is 0 Å². The van der Waals surface area contributed by atoms with Gasteiger partial charge in [0.15, 0.2) is 5.11 Å².